The molecule has 2 aromatic rings. The Balaban J connectivity index is 1.34. The van der Waals surface area contributed by atoms with Gasteiger partial charge in [0, 0.05) is 29.2 Å². The van der Waals surface area contributed by atoms with Crippen LogP contribution >= 0.6 is 0 Å². The normalized spacial score (nSPS) is 25.8. The quantitative estimate of drug-likeness (QED) is 0.439. The lowest BCUT2D eigenvalue weighted by molar-refractivity contribution is -0.137. The van der Waals surface area contributed by atoms with Crippen molar-refractivity contribution in [2.24, 2.45) is 0 Å². The fourth-order valence-corrected chi connectivity index (χ4v) is 6.53. The van der Waals surface area contributed by atoms with E-state index in [0.29, 0.717) is 30.0 Å². The van der Waals surface area contributed by atoms with Crippen LogP contribution in [0.5, 0.6) is 11.5 Å². The van der Waals surface area contributed by atoms with Crippen LogP contribution in [0.25, 0.3) is 0 Å². The number of likely N-dealkylation sites (tertiary alicyclic amines) is 1. The number of hydrogen-bond acceptors (Lipinski definition) is 4. The van der Waals surface area contributed by atoms with Crippen molar-refractivity contribution < 1.29 is 31.8 Å². The Morgan fingerprint density at radius 3 is 2.45 bits per heavy atom. The van der Waals surface area contributed by atoms with E-state index in [-0.39, 0.29) is 23.2 Å². The zero-order valence-corrected chi connectivity index (χ0v) is 21.5. The maximum absolute atomic E-state index is 13.8. The van der Waals surface area contributed by atoms with E-state index in [4.69, 9.17) is 9.47 Å². The first-order valence-electron chi connectivity index (χ1n) is 13.1. The maximum atomic E-state index is 13.8. The molecule has 3 aliphatic rings. The van der Waals surface area contributed by atoms with Crippen LogP contribution < -0.4 is 20.1 Å². The van der Waals surface area contributed by atoms with Crippen molar-refractivity contribution >= 4 is 11.7 Å². The van der Waals surface area contributed by atoms with Gasteiger partial charge in [0.25, 0.3) is 0 Å². The number of benzene rings is 2. The van der Waals surface area contributed by atoms with Crippen LogP contribution in [0.4, 0.5) is 28.0 Å². The molecule has 1 aliphatic heterocycles. The highest BCUT2D eigenvalue weighted by atomic mass is 19.4. The smallest absolute Gasteiger partial charge is 0.416 e. The number of urea groups is 1. The van der Waals surface area contributed by atoms with Gasteiger partial charge in [-0.2, -0.15) is 13.2 Å². The fourth-order valence-electron chi connectivity index (χ4n) is 6.53. The van der Waals surface area contributed by atoms with Crippen molar-refractivity contribution in [3.8, 4) is 11.5 Å². The number of alkyl halides is 3. The molecule has 0 bridgehead atoms. The summed E-state index contributed by atoms with van der Waals surface area (Å²) >= 11 is 0. The second kappa shape index (κ2) is 10.3. The summed E-state index contributed by atoms with van der Waals surface area (Å²) in [6, 6.07) is 8.09. The minimum absolute atomic E-state index is 0.0893. The predicted octanol–water partition coefficient (Wildman–Crippen LogP) is 6.10. The number of nitrogens with one attached hydrogen (secondary N) is 2. The average Bonchev–Trinajstić information content (AvgIpc) is 3.21. The molecule has 1 heterocycles. The molecule has 3 atom stereocenters. The summed E-state index contributed by atoms with van der Waals surface area (Å²) in [7, 11) is 3.24. The zero-order chi connectivity index (χ0) is 27.1. The molecule has 3 fully saturated rings. The summed E-state index contributed by atoms with van der Waals surface area (Å²) in [5.41, 5.74) is -0.271. The van der Waals surface area contributed by atoms with E-state index in [9.17, 15) is 22.4 Å². The lowest BCUT2D eigenvalue weighted by Gasteiger charge is -2.48. The monoisotopic (exact) mass is 535 g/mol. The number of fused-ring (bicyclic) bond motifs is 1. The van der Waals surface area contributed by atoms with E-state index in [1.807, 2.05) is 6.07 Å². The van der Waals surface area contributed by atoms with E-state index >= 15 is 0 Å². The van der Waals surface area contributed by atoms with Gasteiger partial charge in [-0.25, -0.2) is 9.18 Å². The van der Waals surface area contributed by atoms with Gasteiger partial charge in [0.2, 0.25) is 0 Å². The Labute approximate surface area is 219 Å². The molecule has 1 saturated heterocycles. The summed E-state index contributed by atoms with van der Waals surface area (Å²) in [5.74, 6) is 0.304. The molecule has 10 heteroatoms. The third-order valence-electron chi connectivity index (χ3n) is 8.62. The Hall–Kier alpha value is -3.01. The Bertz CT molecular complexity index is 1190. The first-order valence-corrected chi connectivity index (χ1v) is 13.1. The number of hydrogen-bond donors (Lipinski definition) is 2. The van der Waals surface area contributed by atoms with Crippen molar-refractivity contribution in [2.75, 3.05) is 26.1 Å². The molecular weight excluding hydrogens is 502 g/mol. The van der Waals surface area contributed by atoms with Gasteiger partial charge in [-0.15, -0.1) is 0 Å². The van der Waals surface area contributed by atoms with Crippen molar-refractivity contribution in [1.29, 1.82) is 0 Å². The number of carbonyl (C=O) groups is 1. The molecule has 38 heavy (non-hydrogen) atoms. The first kappa shape index (κ1) is 26.6. The van der Waals surface area contributed by atoms with Gasteiger partial charge < -0.3 is 20.1 Å². The van der Waals surface area contributed by atoms with Crippen molar-refractivity contribution in [3.05, 3.63) is 53.3 Å². The van der Waals surface area contributed by atoms with Gasteiger partial charge in [0.1, 0.15) is 5.82 Å². The number of ether oxygens (including phenoxy) is 2. The van der Waals surface area contributed by atoms with Crippen LogP contribution in [-0.2, 0) is 11.6 Å². The molecule has 0 radical (unpaired) electrons. The zero-order valence-electron chi connectivity index (χ0n) is 21.5. The summed E-state index contributed by atoms with van der Waals surface area (Å²) < 4.78 is 64.0. The highest BCUT2D eigenvalue weighted by molar-refractivity contribution is 5.89. The third kappa shape index (κ3) is 5.02. The number of anilines is 1. The number of amides is 2. The molecule has 5 rings (SSSR count). The number of carbonyl (C=O) groups excluding carboxylic acids is 1. The highest BCUT2D eigenvalue weighted by Gasteiger charge is 2.53. The molecule has 6 nitrogen and oxygen atoms in total. The first-order chi connectivity index (χ1) is 18.1. The van der Waals surface area contributed by atoms with Crippen LogP contribution in [0.15, 0.2) is 36.4 Å². The second-order valence-electron chi connectivity index (χ2n) is 10.6. The number of rotatable bonds is 6. The lowest BCUT2D eigenvalue weighted by Crippen LogP contribution is -2.55. The van der Waals surface area contributed by atoms with Crippen LogP contribution in [0.3, 0.4) is 0 Å². The minimum atomic E-state index is -4.71. The highest BCUT2D eigenvalue weighted by Crippen LogP contribution is 2.52. The van der Waals surface area contributed by atoms with Gasteiger partial charge in [0.05, 0.1) is 19.8 Å². The molecule has 206 valence electrons. The molecule has 0 spiro atoms. The summed E-state index contributed by atoms with van der Waals surface area (Å²) in [5, 5.41) is 5.33. The van der Waals surface area contributed by atoms with Gasteiger partial charge in [0.15, 0.2) is 11.5 Å². The molecule has 2 saturated carbocycles. The van der Waals surface area contributed by atoms with Crippen molar-refractivity contribution in [3.63, 3.8) is 0 Å². The molecule has 0 aromatic heterocycles. The van der Waals surface area contributed by atoms with E-state index in [0.717, 1.165) is 50.8 Å². The van der Waals surface area contributed by atoms with E-state index < -0.39 is 23.6 Å². The van der Waals surface area contributed by atoms with E-state index in [1.165, 1.54) is 12.0 Å². The van der Waals surface area contributed by atoms with Crippen LogP contribution in [0, 0.1) is 5.82 Å². The van der Waals surface area contributed by atoms with Gasteiger partial charge >= 0.3 is 12.2 Å². The Kier molecular flexibility index (Phi) is 7.19. The minimum Gasteiger partial charge on any atom is -0.493 e. The van der Waals surface area contributed by atoms with E-state index in [1.54, 1.807) is 14.2 Å². The molecule has 2 N–H and O–H groups in total. The van der Waals surface area contributed by atoms with Crippen LogP contribution in [0.2, 0.25) is 0 Å². The predicted molar refractivity (Wildman–Crippen MR) is 135 cm³/mol. The van der Waals surface area contributed by atoms with Crippen molar-refractivity contribution in [1.82, 2.24) is 10.2 Å². The standard InChI is InChI=1S/C28H33F4N3O3/c1-37-23-7-6-17(14-24(23)38-2)27-9-8-20(16-25(27)35(11-10-27)22-4-3-5-22)33-26(36)34-21-13-18(28(30,31)32)12-19(29)15-21/h6-7,12-15,20,22,25H,3-5,8-11,16H2,1-2H3,(H2,33,34,36). The maximum Gasteiger partial charge on any atom is 0.416 e. The third-order valence-corrected chi connectivity index (χ3v) is 8.62. The fraction of sp³-hybridized carbons (Fsp3) is 0.536. The largest absolute Gasteiger partial charge is 0.493 e. The summed E-state index contributed by atoms with van der Waals surface area (Å²) in [6.45, 7) is 0.978. The number of nitrogens with zero attached hydrogens (tertiary/aromatic N) is 1. The Morgan fingerprint density at radius 2 is 1.79 bits per heavy atom. The Morgan fingerprint density at radius 1 is 1.03 bits per heavy atom. The molecular formula is C28H33F4N3O3. The molecule has 2 amide bonds. The molecule has 2 aliphatic carbocycles. The SMILES string of the molecule is COc1ccc(C23CCC(NC(=O)Nc4cc(F)cc(C(F)(F)F)c4)CC2N(C2CCC2)CC3)cc1OC. The lowest BCUT2D eigenvalue weighted by atomic mass is 9.64. The van der Waals surface area contributed by atoms with Gasteiger partial charge in [-0.05, 0) is 81.0 Å². The average molecular weight is 536 g/mol. The second-order valence-corrected chi connectivity index (χ2v) is 10.6. The number of halogens is 4. The van der Waals surface area contributed by atoms with Crippen LogP contribution in [0.1, 0.15) is 56.1 Å². The summed E-state index contributed by atoms with van der Waals surface area (Å²) in [6.07, 6.45) is 2.12. The summed E-state index contributed by atoms with van der Waals surface area (Å²) in [4.78, 5) is 15.4. The number of methoxy groups -OCH3 is 2. The molecule has 3 unspecified atom stereocenters. The molecule has 2 aromatic carbocycles. The van der Waals surface area contributed by atoms with Gasteiger partial charge in [-0.3, -0.25) is 4.90 Å². The van der Waals surface area contributed by atoms with Crippen molar-refractivity contribution in [2.45, 2.75) is 74.7 Å². The van der Waals surface area contributed by atoms with E-state index in [2.05, 4.69) is 27.7 Å². The van der Waals surface area contributed by atoms with Gasteiger partial charge in [-0.1, -0.05) is 12.5 Å². The van der Waals surface area contributed by atoms with Crippen LogP contribution in [-0.4, -0.2) is 49.8 Å². The topological polar surface area (TPSA) is 62.8 Å².